The van der Waals surface area contributed by atoms with Gasteiger partial charge in [-0.1, -0.05) is 79.7 Å². The predicted molar refractivity (Wildman–Crippen MR) is 146 cm³/mol. The number of allylic oxidation sites excluding steroid dienone is 1. The van der Waals surface area contributed by atoms with E-state index in [1.807, 2.05) is 24.3 Å². The zero-order chi connectivity index (χ0) is 24.2. The standard InChI is InChI=1S/C32H27NO2/c1-2-29(32(23-13-17-27(34)18-14-23)24-15-19-28(35)20-16-24)25-9-5-10-26(21-25)33-31-12-6-8-22-7-3-4-11-30(22)31/h3-21,33-35H,2H2,1H3. The molecule has 172 valence electrons. The van der Waals surface area contributed by atoms with Crippen LogP contribution in [-0.2, 0) is 0 Å². The van der Waals surface area contributed by atoms with Crippen LogP contribution in [0.2, 0.25) is 0 Å². The van der Waals surface area contributed by atoms with Crippen molar-refractivity contribution in [1.82, 2.24) is 0 Å². The molecule has 0 unspecified atom stereocenters. The Labute approximate surface area is 205 Å². The highest BCUT2D eigenvalue weighted by Gasteiger charge is 2.14. The molecule has 5 rings (SSSR count). The van der Waals surface area contributed by atoms with Crippen LogP contribution in [-0.4, -0.2) is 10.2 Å². The molecule has 0 atom stereocenters. The molecule has 0 aliphatic heterocycles. The number of hydrogen-bond acceptors (Lipinski definition) is 3. The van der Waals surface area contributed by atoms with Gasteiger partial charge in [0.15, 0.2) is 0 Å². The fraction of sp³-hybridized carbons (Fsp3) is 0.0625. The van der Waals surface area contributed by atoms with E-state index in [2.05, 4.69) is 79.0 Å². The van der Waals surface area contributed by atoms with Crippen molar-refractivity contribution in [3.63, 3.8) is 0 Å². The fourth-order valence-corrected chi connectivity index (χ4v) is 4.57. The average molecular weight is 458 g/mol. The van der Waals surface area contributed by atoms with E-state index in [9.17, 15) is 10.2 Å². The highest BCUT2D eigenvalue weighted by molar-refractivity contribution is 5.99. The van der Waals surface area contributed by atoms with Gasteiger partial charge in [-0.25, -0.2) is 0 Å². The second kappa shape index (κ2) is 9.78. The molecule has 0 bridgehead atoms. The Morgan fingerprint density at radius 3 is 1.89 bits per heavy atom. The van der Waals surface area contributed by atoms with Crippen molar-refractivity contribution in [2.24, 2.45) is 0 Å². The van der Waals surface area contributed by atoms with Gasteiger partial charge in [-0.2, -0.15) is 0 Å². The quantitative estimate of drug-likeness (QED) is 0.225. The van der Waals surface area contributed by atoms with Crippen LogP contribution in [0.1, 0.15) is 30.0 Å². The summed E-state index contributed by atoms with van der Waals surface area (Å²) in [6.07, 6.45) is 0.814. The molecule has 3 N–H and O–H groups in total. The molecule has 0 amide bonds. The van der Waals surface area contributed by atoms with E-state index in [1.54, 1.807) is 24.3 Å². The number of phenols is 2. The Hall–Kier alpha value is -4.50. The molecular formula is C32H27NO2. The summed E-state index contributed by atoms with van der Waals surface area (Å²) in [5.74, 6) is 0.469. The summed E-state index contributed by atoms with van der Waals surface area (Å²) in [7, 11) is 0. The maximum absolute atomic E-state index is 9.85. The van der Waals surface area contributed by atoms with E-state index in [0.29, 0.717) is 0 Å². The summed E-state index contributed by atoms with van der Waals surface area (Å²) in [5.41, 5.74) is 7.49. The van der Waals surface area contributed by atoms with Crippen molar-refractivity contribution in [2.75, 3.05) is 5.32 Å². The van der Waals surface area contributed by atoms with Crippen molar-refractivity contribution in [3.8, 4) is 11.5 Å². The fourth-order valence-electron chi connectivity index (χ4n) is 4.57. The number of hydrogen-bond donors (Lipinski definition) is 3. The van der Waals surface area contributed by atoms with E-state index in [4.69, 9.17) is 0 Å². The number of nitrogens with one attached hydrogen (secondary N) is 1. The topological polar surface area (TPSA) is 52.5 Å². The van der Waals surface area contributed by atoms with Gasteiger partial charge < -0.3 is 15.5 Å². The van der Waals surface area contributed by atoms with Crippen LogP contribution in [0.3, 0.4) is 0 Å². The van der Waals surface area contributed by atoms with Gasteiger partial charge in [-0.15, -0.1) is 0 Å². The van der Waals surface area contributed by atoms with E-state index in [0.717, 1.165) is 40.1 Å². The molecule has 3 heteroatoms. The Bertz CT molecular complexity index is 1450. The molecule has 5 aromatic rings. The van der Waals surface area contributed by atoms with Crippen molar-refractivity contribution in [1.29, 1.82) is 0 Å². The smallest absolute Gasteiger partial charge is 0.115 e. The van der Waals surface area contributed by atoms with Gasteiger partial charge in [0, 0.05) is 16.8 Å². The van der Waals surface area contributed by atoms with Crippen LogP contribution in [0.25, 0.3) is 21.9 Å². The van der Waals surface area contributed by atoms with E-state index >= 15 is 0 Å². The third-order valence-electron chi connectivity index (χ3n) is 6.25. The molecular weight excluding hydrogens is 430 g/mol. The molecule has 35 heavy (non-hydrogen) atoms. The number of fused-ring (bicyclic) bond motifs is 1. The summed E-state index contributed by atoms with van der Waals surface area (Å²) >= 11 is 0. The molecule has 0 saturated heterocycles. The largest absolute Gasteiger partial charge is 0.508 e. The Kier molecular flexibility index (Phi) is 6.23. The van der Waals surface area contributed by atoms with Gasteiger partial charge in [-0.05, 0) is 82.1 Å². The summed E-state index contributed by atoms with van der Waals surface area (Å²) < 4.78 is 0. The molecule has 5 aromatic carbocycles. The summed E-state index contributed by atoms with van der Waals surface area (Å²) in [6.45, 7) is 2.15. The SMILES string of the molecule is CCC(=C(c1ccc(O)cc1)c1ccc(O)cc1)c1cccc(Nc2cccc3ccccc23)c1. The number of aromatic hydroxyl groups is 2. The van der Waals surface area contributed by atoms with Gasteiger partial charge in [0.05, 0.1) is 0 Å². The van der Waals surface area contributed by atoms with Crippen molar-refractivity contribution < 1.29 is 10.2 Å². The molecule has 0 heterocycles. The van der Waals surface area contributed by atoms with Crippen molar-refractivity contribution in [3.05, 3.63) is 132 Å². The minimum Gasteiger partial charge on any atom is -0.508 e. The van der Waals surface area contributed by atoms with Gasteiger partial charge in [0.25, 0.3) is 0 Å². The second-order valence-corrected chi connectivity index (χ2v) is 8.53. The molecule has 0 aliphatic carbocycles. The van der Waals surface area contributed by atoms with Gasteiger partial charge >= 0.3 is 0 Å². The van der Waals surface area contributed by atoms with Crippen LogP contribution in [0.15, 0.2) is 115 Å². The van der Waals surface area contributed by atoms with E-state index in [1.165, 1.54) is 16.3 Å². The first-order valence-corrected chi connectivity index (χ1v) is 11.8. The van der Waals surface area contributed by atoms with Crippen LogP contribution >= 0.6 is 0 Å². The average Bonchev–Trinajstić information content (AvgIpc) is 2.89. The summed E-state index contributed by atoms with van der Waals surface area (Å²) in [5, 5.41) is 25.7. The van der Waals surface area contributed by atoms with Crippen molar-refractivity contribution >= 4 is 33.3 Å². The third kappa shape index (κ3) is 4.75. The highest BCUT2D eigenvalue weighted by Crippen LogP contribution is 2.37. The Morgan fingerprint density at radius 1 is 0.629 bits per heavy atom. The minimum absolute atomic E-state index is 0.234. The van der Waals surface area contributed by atoms with Crippen molar-refractivity contribution in [2.45, 2.75) is 13.3 Å². The summed E-state index contributed by atoms with van der Waals surface area (Å²) in [6, 6.07) is 37.7. The number of benzene rings is 5. The number of rotatable bonds is 6. The lowest BCUT2D eigenvalue weighted by Crippen LogP contribution is -1.97. The highest BCUT2D eigenvalue weighted by atomic mass is 16.3. The lowest BCUT2D eigenvalue weighted by molar-refractivity contribution is 0.475. The minimum atomic E-state index is 0.234. The molecule has 0 aliphatic rings. The number of phenolic OH excluding ortho intramolecular Hbond substituents is 2. The van der Waals surface area contributed by atoms with Gasteiger partial charge in [0.2, 0.25) is 0 Å². The lowest BCUT2D eigenvalue weighted by atomic mass is 9.88. The molecule has 0 fully saturated rings. The van der Waals surface area contributed by atoms with Gasteiger partial charge in [0.1, 0.15) is 11.5 Å². The maximum Gasteiger partial charge on any atom is 0.115 e. The first kappa shape index (κ1) is 22.3. The monoisotopic (exact) mass is 457 g/mol. The van der Waals surface area contributed by atoms with E-state index < -0.39 is 0 Å². The zero-order valence-electron chi connectivity index (χ0n) is 19.6. The molecule has 0 spiro atoms. The lowest BCUT2D eigenvalue weighted by Gasteiger charge is -2.18. The first-order valence-electron chi connectivity index (χ1n) is 11.8. The van der Waals surface area contributed by atoms with Crippen LogP contribution in [0.5, 0.6) is 11.5 Å². The maximum atomic E-state index is 9.85. The molecule has 0 aromatic heterocycles. The number of anilines is 2. The molecule has 3 nitrogen and oxygen atoms in total. The Morgan fingerprint density at radius 2 is 1.23 bits per heavy atom. The normalized spacial score (nSPS) is 10.8. The summed E-state index contributed by atoms with van der Waals surface area (Å²) in [4.78, 5) is 0. The van der Waals surface area contributed by atoms with Crippen LogP contribution in [0.4, 0.5) is 11.4 Å². The van der Waals surface area contributed by atoms with Crippen LogP contribution in [0, 0.1) is 0 Å². The zero-order valence-corrected chi connectivity index (χ0v) is 19.6. The first-order chi connectivity index (χ1) is 17.1. The van der Waals surface area contributed by atoms with E-state index in [-0.39, 0.29) is 11.5 Å². The molecule has 0 saturated carbocycles. The third-order valence-corrected chi connectivity index (χ3v) is 6.25. The molecule has 0 radical (unpaired) electrons. The predicted octanol–water partition coefficient (Wildman–Crippen LogP) is 8.36. The van der Waals surface area contributed by atoms with Crippen LogP contribution < -0.4 is 5.32 Å². The van der Waals surface area contributed by atoms with Gasteiger partial charge in [-0.3, -0.25) is 0 Å². The second-order valence-electron chi connectivity index (χ2n) is 8.53. The Balaban J connectivity index is 1.62.